The molecule has 0 N–H and O–H groups in total. The van der Waals surface area contributed by atoms with Gasteiger partial charge in [-0.25, -0.2) is 48.5 Å². The van der Waals surface area contributed by atoms with Crippen LogP contribution in [0, 0.1) is 0 Å². The largest absolute Gasteiger partial charge is 2.00 e. The average molecular weight is 418 g/mol. The molecule has 4 rings (SSSR count). The average Bonchev–Trinajstić information content (AvgIpc) is 3.42. The fraction of sp³-hybridized carbons (Fsp3) is 0. The zero-order valence-electron chi connectivity index (χ0n) is 12.9. The first-order valence-corrected chi connectivity index (χ1v) is 8.21. The van der Waals surface area contributed by atoms with Crippen molar-refractivity contribution in [2.75, 3.05) is 0 Å². The molecule has 0 radical (unpaired) electrons. The van der Waals surface area contributed by atoms with Crippen LogP contribution in [0.15, 0.2) is 119 Å². The van der Waals surface area contributed by atoms with Gasteiger partial charge in [-0.3, -0.25) is 4.21 Å². The van der Waals surface area contributed by atoms with Crippen LogP contribution in [0.25, 0.3) is 0 Å². The molecule has 4 aromatic carbocycles. The van der Waals surface area contributed by atoms with E-state index in [1.807, 2.05) is 109 Å². The van der Waals surface area contributed by atoms with E-state index >= 15 is 0 Å². The van der Waals surface area contributed by atoms with E-state index in [2.05, 4.69) is 0 Å². The molecule has 0 aliphatic heterocycles. The standard InChI is InChI=1S/C10H8OS.2C5H5.2Fe/c11-12(9-5-1-2-6-9)10-7-3-4-8-10;2*1-2-4-5-3-1;;/h1-8H;2*1-5H;;/q-2;2*-1;2*+2. The van der Waals surface area contributed by atoms with Gasteiger partial charge in [-0.05, 0) is 10.8 Å². The minimum atomic E-state index is -0.985. The van der Waals surface area contributed by atoms with Gasteiger partial charge in [0.2, 0.25) is 0 Å². The van der Waals surface area contributed by atoms with E-state index in [1.165, 1.54) is 0 Å². The molecule has 0 aromatic heterocycles. The van der Waals surface area contributed by atoms with Crippen molar-refractivity contribution >= 4 is 10.8 Å². The second kappa shape index (κ2) is 14.0. The summed E-state index contributed by atoms with van der Waals surface area (Å²) < 4.78 is 11.7. The second-order valence-corrected chi connectivity index (χ2v) is 5.91. The minimum Gasteiger partial charge on any atom is -0.276 e. The van der Waals surface area contributed by atoms with Crippen LogP contribution in [0.4, 0.5) is 0 Å². The van der Waals surface area contributed by atoms with Gasteiger partial charge in [0.15, 0.2) is 0 Å². The molecule has 4 heteroatoms. The van der Waals surface area contributed by atoms with Crippen molar-refractivity contribution in [1.29, 1.82) is 0 Å². The quantitative estimate of drug-likeness (QED) is 0.327. The predicted molar refractivity (Wildman–Crippen MR) is 92.8 cm³/mol. The van der Waals surface area contributed by atoms with E-state index in [9.17, 15) is 4.21 Å². The molecule has 0 unspecified atom stereocenters. The van der Waals surface area contributed by atoms with E-state index in [0.29, 0.717) is 0 Å². The molecule has 0 spiro atoms. The summed E-state index contributed by atoms with van der Waals surface area (Å²) in [7, 11) is -0.985. The Bertz CT molecular complexity index is 597. The zero-order chi connectivity index (χ0) is 15.5. The first-order valence-electron chi connectivity index (χ1n) is 7.06. The third-order valence-electron chi connectivity index (χ3n) is 2.80. The minimum absolute atomic E-state index is 0. The van der Waals surface area contributed by atoms with E-state index < -0.39 is 10.8 Å². The molecule has 126 valence electrons. The van der Waals surface area contributed by atoms with Crippen molar-refractivity contribution in [2.45, 2.75) is 9.79 Å². The van der Waals surface area contributed by atoms with Crippen LogP contribution in [0.3, 0.4) is 0 Å². The summed E-state index contributed by atoms with van der Waals surface area (Å²) in [5, 5.41) is 0. The summed E-state index contributed by atoms with van der Waals surface area (Å²) in [6.07, 6.45) is 0. The van der Waals surface area contributed by atoms with E-state index in [-0.39, 0.29) is 34.1 Å². The van der Waals surface area contributed by atoms with Gasteiger partial charge in [0.05, 0.1) is 0 Å². The molecule has 1 nitrogen and oxygen atoms in total. The third-order valence-corrected chi connectivity index (χ3v) is 4.20. The fourth-order valence-corrected chi connectivity index (χ4v) is 2.82. The molecule has 0 fully saturated rings. The molecule has 4 aromatic rings. The van der Waals surface area contributed by atoms with Crippen molar-refractivity contribution in [2.24, 2.45) is 0 Å². The van der Waals surface area contributed by atoms with Crippen LogP contribution in [0.5, 0.6) is 0 Å². The Kier molecular flexibility index (Phi) is 13.2. The summed E-state index contributed by atoms with van der Waals surface area (Å²) in [4.78, 5) is 1.75. The molecule has 0 saturated heterocycles. The molecule has 0 atom stereocenters. The summed E-state index contributed by atoms with van der Waals surface area (Å²) in [6, 6.07) is 35.1. The summed E-state index contributed by atoms with van der Waals surface area (Å²) in [5.74, 6) is 0. The molecule has 0 amide bonds. The van der Waals surface area contributed by atoms with Crippen LogP contribution < -0.4 is 0 Å². The molecule has 0 aliphatic rings. The Morgan fingerprint density at radius 2 is 0.833 bits per heavy atom. The molecular weight excluding hydrogens is 400 g/mol. The van der Waals surface area contributed by atoms with Gasteiger partial charge in [0, 0.05) is 0 Å². The zero-order valence-corrected chi connectivity index (χ0v) is 15.9. The van der Waals surface area contributed by atoms with Gasteiger partial charge in [-0.15, -0.1) is 0 Å². The van der Waals surface area contributed by atoms with Gasteiger partial charge in [0.25, 0.3) is 0 Å². The Morgan fingerprint density at radius 1 is 0.542 bits per heavy atom. The SMILES string of the molecule is O=S([c-]1cccc1)[c-]1cccc1.[Fe+2].[Fe+2].c1cc[cH-]c1.c1cc[cH-]c1. The fourth-order valence-electron chi connectivity index (χ4n) is 1.74. The van der Waals surface area contributed by atoms with Gasteiger partial charge in [-0.2, -0.15) is 60.7 Å². The predicted octanol–water partition coefficient (Wildman–Crippen LogP) is 5.10. The van der Waals surface area contributed by atoms with E-state index in [1.54, 1.807) is 0 Å². The molecular formula is C20H18Fe2OS. The van der Waals surface area contributed by atoms with Crippen LogP contribution >= 0.6 is 0 Å². The van der Waals surface area contributed by atoms with E-state index in [0.717, 1.165) is 9.79 Å². The van der Waals surface area contributed by atoms with Crippen molar-refractivity contribution in [1.82, 2.24) is 0 Å². The van der Waals surface area contributed by atoms with Crippen molar-refractivity contribution in [3.05, 3.63) is 109 Å². The van der Waals surface area contributed by atoms with Crippen molar-refractivity contribution < 1.29 is 38.3 Å². The normalized spacial score (nSPS) is 8.71. The number of rotatable bonds is 2. The molecule has 0 bridgehead atoms. The Balaban J connectivity index is 0.000000370. The van der Waals surface area contributed by atoms with Gasteiger partial charge >= 0.3 is 34.1 Å². The van der Waals surface area contributed by atoms with Crippen molar-refractivity contribution in [3.63, 3.8) is 0 Å². The van der Waals surface area contributed by atoms with Crippen LogP contribution in [-0.4, -0.2) is 4.21 Å². The number of hydrogen-bond acceptors (Lipinski definition) is 1. The van der Waals surface area contributed by atoms with E-state index in [4.69, 9.17) is 0 Å². The monoisotopic (exact) mass is 418 g/mol. The van der Waals surface area contributed by atoms with Crippen molar-refractivity contribution in [3.8, 4) is 0 Å². The Hall–Kier alpha value is -1.41. The molecule has 0 heterocycles. The first-order chi connectivity index (χ1) is 10.9. The number of hydrogen-bond donors (Lipinski definition) is 0. The topological polar surface area (TPSA) is 17.1 Å². The Morgan fingerprint density at radius 3 is 1.04 bits per heavy atom. The van der Waals surface area contributed by atoms with Gasteiger partial charge < -0.3 is 0 Å². The maximum absolute atomic E-state index is 11.7. The second-order valence-electron chi connectivity index (χ2n) is 4.43. The smallest absolute Gasteiger partial charge is 0.276 e. The first kappa shape index (κ1) is 22.6. The van der Waals surface area contributed by atoms with Gasteiger partial charge in [0.1, 0.15) is 0 Å². The molecule has 0 saturated carbocycles. The van der Waals surface area contributed by atoms with Crippen LogP contribution in [0.1, 0.15) is 0 Å². The van der Waals surface area contributed by atoms with Gasteiger partial charge in [-0.1, -0.05) is 9.79 Å². The maximum atomic E-state index is 11.7. The maximum Gasteiger partial charge on any atom is 2.00 e. The molecule has 24 heavy (non-hydrogen) atoms. The Labute approximate surface area is 167 Å². The third kappa shape index (κ3) is 8.44. The van der Waals surface area contributed by atoms with Crippen LogP contribution in [0.2, 0.25) is 0 Å². The summed E-state index contributed by atoms with van der Waals surface area (Å²) >= 11 is 0. The molecule has 0 aliphatic carbocycles. The van der Waals surface area contributed by atoms with Crippen LogP contribution in [-0.2, 0) is 44.9 Å². The summed E-state index contributed by atoms with van der Waals surface area (Å²) in [6.45, 7) is 0. The summed E-state index contributed by atoms with van der Waals surface area (Å²) in [5.41, 5.74) is 0.